The third kappa shape index (κ3) is 5.62. The number of nitrogens with one attached hydrogen (secondary N) is 1. The van der Waals surface area contributed by atoms with Crippen LogP contribution in [0.3, 0.4) is 0 Å². The molecule has 0 aliphatic heterocycles. The van der Waals surface area contributed by atoms with Gasteiger partial charge in [0.05, 0.1) is 16.3 Å². The van der Waals surface area contributed by atoms with Crippen LogP contribution in [0.25, 0.3) is 5.82 Å². The minimum absolute atomic E-state index is 0.0159. The van der Waals surface area contributed by atoms with E-state index in [0.29, 0.717) is 5.56 Å². The van der Waals surface area contributed by atoms with E-state index in [1.807, 2.05) is 0 Å². The van der Waals surface area contributed by atoms with E-state index in [4.69, 9.17) is 28.9 Å². The summed E-state index contributed by atoms with van der Waals surface area (Å²) in [5.41, 5.74) is 5.14. The quantitative estimate of drug-likeness (QED) is 0.420. The standard InChI is InChI=1S/C20H14Cl2F5N5O3/c1-9-5-10(21)6-11(16(28)33)15(9)30-18(34)13-7-14(35-8-19(23,24)20(25,26)27)31-32(13)17-12(22)3-2-4-29-17/h2-7H,8H2,1H3,(H2,28,33)(H,30,34). The number of nitrogens with two attached hydrogens (primary N) is 1. The molecule has 0 atom stereocenters. The molecule has 0 bridgehead atoms. The average molecular weight is 538 g/mol. The van der Waals surface area contributed by atoms with Crippen molar-refractivity contribution in [2.75, 3.05) is 11.9 Å². The van der Waals surface area contributed by atoms with Gasteiger partial charge in [-0.25, -0.2) is 9.67 Å². The number of rotatable bonds is 7. The van der Waals surface area contributed by atoms with Gasteiger partial charge in [0.25, 0.3) is 11.8 Å². The SMILES string of the molecule is Cc1cc(Cl)cc(C(N)=O)c1NC(=O)c1cc(OCC(F)(F)C(F)(F)F)nn1-c1ncccc1Cl. The number of anilines is 1. The van der Waals surface area contributed by atoms with Crippen LogP contribution in [-0.2, 0) is 0 Å². The summed E-state index contributed by atoms with van der Waals surface area (Å²) in [7, 11) is 0. The van der Waals surface area contributed by atoms with Gasteiger partial charge in [0, 0.05) is 17.3 Å². The van der Waals surface area contributed by atoms with Crippen molar-refractivity contribution in [3.8, 4) is 11.7 Å². The molecule has 3 N–H and O–H groups in total. The molecule has 0 radical (unpaired) electrons. The first kappa shape index (κ1) is 26.2. The molecule has 15 heteroatoms. The second kappa shape index (κ2) is 9.66. The fourth-order valence-corrected chi connectivity index (χ4v) is 3.29. The Kier molecular flexibility index (Phi) is 7.22. The predicted octanol–water partition coefficient (Wildman–Crippen LogP) is 4.81. The molecule has 3 rings (SSSR count). The summed E-state index contributed by atoms with van der Waals surface area (Å²) in [4.78, 5) is 28.9. The van der Waals surface area contributed by atoms with Gasteiger partial charge in [0.2, 0.25) is 5.88 Å². The fraction of sp³-hybridized carbons (Fsp3) is 0.200. The number of alkyl halides is 5. The van der Waals surface area contributed by atoms with E-state index in [1.54, 1.807) is 0 Å². The van der Waals surface area contributed by atoms with Crippen molar-refractivity contribution in [1.29, 1.82) is 0 Å². The number of primary amides is 1. The van der Waals surface area contributed by atoms with Crippen LogP contribution in [0.5, 0.6) is 5.88 Å². The Labute approximate surface area is 203 Å². The van der Waals surface area contributed by atoms with Gasteiger partial charge in [-0.05, 0) is 36.8 Å². The molecule has 2 heterocycles. The van der Waals surface area contributed by atoms with Gasteiger partial charge < -0.3 is 15.8 Å². The second-order valence-electron chi connectivity index (χ2n) is 7.04. The highest BCUT2D eigenvalue weighted by Gasteiger charge is 2.58. The summed E-state index contributed by atoms with van der Waals surface area (Å²) in [5, 5.41) is 6.32. The number of carbonyl (C=O) groups excluding carboxylic acids is 2. The molecule has 35 heavy (non-hydrogen) atoms. The second-order valence-corrected chi connectivity index (χ2v) is 7.89. The largest absolute Gasteiger partial charge is 0.470 e. The molecule has 0 fully saturated rings. The van der Waals surface area contributed by atoms with Crippen LogP contribution in [0.2, 0.25) is 10.0 Å². The van der Waals surface area contributed by atoms with Crippen LogP contribution in [0.4, 0.5) is 27.6 Å². The number of hydrogen-bond donors (Lipinski definition) is 2. The van der Waals surface area contributed by atoms with Gasteiger partial charge in [-0.3, -0.25) is 9.59 Å². The van der Waals surface area contributed by atoms with E-state index in [2.05, 4.69) is 20.1 Å². The highest BCUT2D eigenvalue weighted by molar-refractivity contribution is 6.32. The topological polar surface area (TPSA) is 112 Å². The zero-order valence-corrected chi connectivity index (χ0v) is 19.0. The molecule has 2 aromatic heterocycles. The smallest absolute Gasteiger partial charge is 0.456 e. The van der Waals surface area contributed by atoms with Crippen LogP contribution in [0.15, 0.2) is 36.5 Å². The molecule has 3 aromatic rings. The van der Waals surface area contributed by atoms with Crippen LogP contribution in [0, 0.1) is 6.92 Å². The number of pyridine rings is 1. The minimum atomic E-state index is -5.86. The Morgan fingerprint density at radius 2 is 1.86 bits per heavy atom. The Bertz CT molecular complexity index is 1300. The summed E-state index contributed by atoms with van der Waals surface area (Å²) < 4.78 is 69.4. The van der Waals surface area contributed by atoms with Crippen LogP contribution in [-0.4, -0.2) is 45.3 Å². The fourth-order valence-electron chi connectivity index (χ4n) is 2.81. The number of hydrogen-bond acceptors (Lipinski definition) is 5. The van der Waals surface area contributed by atoms with Gasteiger partial charge >= 0.3 is 12.1 Å². The highest BCUT2D eigenvalue weighted by atomic mass is 35.5. The maximum absolute atomic E-state index is 13.3. The van der Waals surface area contributed by atoms with Crippen LogP contribution < -0.4 is 15.8 Å². The van der Waals surface area contributed by atoms with Crippen molar-refractivity contribution in [2.24, 2.45) is 5.73 Å². The number of amides is 2. The number of carbonyl (C=O) groups is 2. The zero-order valence-electron chi connectivity index (χ0n) is 17.5. The minimum Gasteiger partial charge on any atom is -0.470 e. The lowest BCUT2D eigenvalue weighted by atomic mass is 10.1. The van der Waals surface area contributed by atoms with E-state index in [1.165, 1.54) is 37.4 Å². The Morgan fingerprint density at radius 1 is 1.17 bits per heavy atom. The molecular formula is C20H14Cl2F5N5O3. The lowest BCUT2D eigenvalue weighted by molar-refractivity contribution is -0.290. The summed E-state index contributed by atoms with van der Waals surface area (Å²) >= 11 is 12.0. The molecule has 0 unspecified atom stereocenters. The first-order chi connectivity index (χ1) is 16.2. The Balaban J connectivity index is 2.03. The third-order valence-corrected chi connectivity index (χ3v) is 4.99. The van der Waals surface area contributed by atoms with Crippen LogP contribution in [0.1, 0.15) is 26.4 Å². The third-order valence-electron chi connectivity index (χ3n) is 4.48. The summed E-state index contributed by atoms with van der Waals surface area (Å²) in [5.74, 6) is -7.96. The van der Waals surface area contributed by atoms with Gasteiger partial charge in [0.15, 0.2) is 12.4 Å². The van der Waals surface area contributed by atoms with Gasteiger partial charge in [-0.15, -0.1) is 5.10 Å². The van der Waals surface area contributed by atoms with Crippen molar-refractivity contribution < 1.29 is 36.3 Å². The summed E-state index contributed by atoms with van der Waals surface area (Å²) in [6, 6.07) is 6.28. The van der Waals surface area contributed by atoms with Crippen LogP contribution >= 0.6 is 23.2 Å². The van der Waals surface area contributed by atoms with E-state index < -0.39 is 42.1 Å². The average Bonchev–Trinajstić information content (AvgIpc) is 3.17. The lowest BCUT2D eigenvalue weighted by Crippen LogP contribution is -2.41. The summed E-state index contributed by atoms with van der Waals surface area (Å²) in [6.45, 7) is -0.568. The lowest BCUT2D eigenvalue weighted by Gasteiger charge is -2.18. The van der Waals surface area contributed by atoms with Gasteiger partial charge in [-0.1, -0.05) is 23.2 Å². The summed E-state index contributed by atoms with van der Waals surface area (Å²) in [6.07, 6.45) is -4.59. The molecule has 0 aliphatic carbocycles. The maximum Gasteiger partial charge on any atom is 0.456 e. The Morgan fingerprint density at radius 3 is 2.46 bits per heavy atom. The van der Waals surface area contributed by atoms with Crippen molar-refractivity contribution in [3.05, 3.63) is 63.4 Å². The molecule has 8 nitrogen and oxygen atoms in total. The van der Waals surface area contributed by atoms with Crippen molar-refractivity contribution in [3.63, 3.8) is 0 Å². The number of halogens is 7. The highest BCUT2D eigenvalue weighted by Crippen LogP contribution is 2.36. The predicted molar refractivity (Wildman–Crippen MR) is 116 cm³/mol. The molecule has 1 aromatic carbocycles. The monoisotopic (exact) mass is 537 g/mol. The molecule has 2 amide bonds. The van der Waals surface area contributed by atoms with Gasteiger partial charge in [-0.2, -0.15) is 22.0 Å². The number of aryl methyl sites for hydroxylation is 1. The van der Waals surface area contributed by atoms with E-state index in [0.717, 1.165) is 10.7 Å². The zero-order chi connectivity index (χ0) is 26.1. The first-order valence-electron chi connectivity index (χ1n) is 9.41. The van der Waals surface area contributed by atoms with E-state index in [-0.39, 0.29) is 27.1 Å². The number of aromatic nitrogens is 3. The molecule has 0 aliphatic rings. The van der Waals surface area contributed by atoms with Crippen molar-refractivity contribution >= 4 is 40.7 Å². The van der Waals surface area contributed by atoms with Crippen molar-refractivity contribution in [1.82, 2.24) is 14.8 Å². The van der Waals surface area contributed by atoms with E-state index >= 15 is 0 Å². The molecule has 186 valence electrons. The number of nitrogens with zero attached hydrogens (tertiary/aromatic N) is 3. The molecule has 0 saturated heterocycles. The van der Waals surface area contributed by atoms with Gasteiger partial charge in [0.1, 0.15) is 5.69 Å². The molecule has 0 saturated carbocycles. The molecular weight excluding hydrogens is 524 g/mol. The normalized spacial score (nSPS) is 11.9. The number of ether oxygens (including phenoxy) is 1. The Hall–Kier alpha value is -3.45. The maximum atomic E-state index is 13.3. The van der Waals surface area contributed by atoms with E-state index in [9.17, 15) is 31.5 Å². The first-order valence-corrected chi connectivity index (χ1v) is 10.2. The molecule has 0 spiro atoms. The van der Waals surface area contributed by atoms with Crippen molar-refractivity contribution in [2.45, 2.75) is 19.0 Å². The number of benzene rings is 1.